The Morgan fingerprint density at radius 2 is 2.00 bits per heavy atom. The fraction of sp³-hybridized carbons (Fsp3) is 0.750. The summed E-state index contributed by atoms with van der Waals surface area (Å²) in [5.74, 6) is 0. The van der Waals surface area contributed by atoms with Crippen LogP contribution in [-0.2, 0) is 0 Å². The van der Waals surface area contributed by atoms with E-state index >= 15 is 0 Å². The van der Waals surface area contributed by atoms with Crippen LogP contribution in [0.25, 0.3) is 0 Å². The van der Waals surface area contributed by atoms with Crippen molar-refractivity contribution >= 4 is 0 Å². The maximum absolute atomic E-state index is 5.25. The minimum absolute atomic E-state index is 1.04. The fourth-order valence-electron chi connectivity index (χ4n) is 1.26. The Kier molecular flexibility index (Phi) is 2.78. The van der Waals surface area contributed by atoms with Gasteiger partial charge < -0.3 is 4.90 Å². The molecule has 9 heavy (non-hydrogen) atoms. The van der Waals surface area contributed by atoms with E-state index in [1.54, 1.807) is 6.08 Å². The van der Waals surface area contributed by atoms with Crippen molar-refractivity contribution in [3.8, 4) is 0 Å². The standard InChI is InChI=1S/C8H14N/c1-2-3-6-9-7-4-5-8-9/h1-2H,3-8H2. The summed E-state index contributed by atoms with van der Waals surface area (Å²) in [4.78, 5) is 2.46. The lowest BCUT2D eigenvalue weighted by atomic mass is 10.4. The van der Waals surface area contributed by atoms with Crippen LogP contribution in [-0.4, -0.2) is 24.5 Å². The van der Waals surface area contributed by atoms with Crippen molar-refractivity contribution in [3.05, 3.63) is 12.7 Å². The Hall–Kier alpha value is -0.300. The van der Waals surface area contributed by atoms with E-state index in [-0.39, 0.29) is 0 Å². The summed E-state index contributed by atoms with van der Waals surface area (Å²) in [7, 11) is 0. The Balaban J connectivity index is 2.04. The van der Waals surface area contributed by atoms with Gasteiger partial charge in [-0.15, -0.1) is 0 Å². The van der Waals surface area contributed by atoms with Gasteiger partial charge in [0.2, 0.25) is 0 Å². The van der Waals surface area contributed by atoms with Gasteiger partial charge in [0.05, 0.1) is 0 Å². The zero-order valence-electron chi connectivity index (χ0n) is 5.84. The van der Waals surface area contributed by atoms with Crippen molar-refractivity contribution in [1.29, 1.82) is 0 Å². The second kappa shape index (κ2) is 3.67. The molecule has 1 nitrogen and oxygen atoms in total. The lowest BCUT2D eigenvalue weighted by Gasteiger charge is -2.11. The average Bonchev–Trinajstić information content (AvgIpc) is 2.34. The topological polar surface area (TPSA) is 3.24 Å². The van der Waals surface area contributed by atoms with Crippen molar-refractivity contribution in [2.75, 3.05) is 19.6 Å². The van der Waals surface area contributed by atoms with Crippen molar-refractivity contribution in [2.45, 2.75) is 19.3 Å². The maximum Gasteiger partial charge on any atom is 0.00160 e. The van der Waals surface area contributed by atoms with Crippen molar-refractivity contribution in [1.82, 2.24) is 4.90 Å². The van der Waals surface area contributed by atoms with Crippen LogP contribution >= 0.6 is 0 Å². The number of rotatable bonds is 3. The van der Waals surface area contributed by atoms with Crippen LogP contribution in [0.4, 0.5) is 0 Å². The van der Waals surface area contributed by atoms with Gasteiger partial charge in [0, 0.05) is 6.54 Å². The van der Waals surface area contributed by atoms with E-state index in [2.05, 4.69) is 4.90 Å². The highest BCUT2D eigenvalue weighted by Gasteiger charge is 2.08. The average molecular weight is 124 g/mol. The lowest BCUT2D eigenvalue weighted by molar-refractivity contribution is 0.346. The largest absolute Gasteiger partial charge is 0.303 e. The van der Waals surface area contributed by atoms with Crippen LogP contribution in [0.5, 0.6) is 0 Å². The van der Waals surface area contributed by atoms with Gasteiger partial charge in [0.25, 0.3) is 0 Å². The van der Waals surface area contributed by atoms with Crippen molar-refractivity contribution in [3.63, 3.8) is 0 Å². The van der Waals surface area contributed by atoms with E-state index in [1.807, 2.05) is 0 Å². The molecule has 0 aliphatic carbocycles. The Morgan fingerprint density at radius 3 is 2.56 bits per heavy atom. The summed E-state index contributed by atoms with van der Waals surface area (Å²) in [5.41, 5.74) is 0. The van der Waals surface area contributed by atoms with E-state index in [0.29, 0.717) is 0 Å². The summed E-state index contributed by atoms with van der Waals surface area (Å²) in [5, 5.41) is 0. The SMILES string of the molecule is [CH]=CCCN1CCCC1. The highest BCUT2D eigenvalue weighted by molar-refractivity contribution is 4.70. The van der Waals surface area contributed by atoms with Crippen LogP contribution in [0.3, 0.4) is 0 Å². The van der Waals surface area contributed by atoms with Gasteiger partial charge in [-0.05, 0) is 32.4 Å². The van der Waals surface area contributed by atoms with Gasteiger partial charge in [0.1, 0.15) is 0 Å². The van der Waals surface area contributed by atoms with E-state index < -0.39 is 0 Å². The molecule has 0 aromatic carbocycles. The Bertz CT molecular complexity index is 82.6. The summed E-state index contributed by atoms with van der Waals surface area (Å²) in [6.07, 6.45) is 5.55. The van der Waals surface area contributed by atoms with Crippen LogP contribution in [0.15, 0.2) is 6.08 Å². The molecule has 0 saturated carbocycles. The molecule has 0 aromatic rings. The molecule has 1 rings (SSSR count). The fourth-order valence-corrected chi connectivity index (χ4v) is 1.26. The van der Waals surface area contributed by atoms with Gasteiger partial charge >= 0.3 is 0 Å². The molecule has 0 unspecified atom stereocenters. The molecule has 1 heteroatoms. The summed E-state index contributed by atoms with van der Waals surface area (Å²) in [6, 6.07) is 0. The zero-order chi connectivity index (χ0) is 6.53. The molecule has 0 aromatic heterocycles. The van der Waals surface area contributed by atoms with Crippen molar-refractivity contribution in [2.24, 2.45) is 0 Å². The second-order valence-corrected chi connectivity index (χ2v) is 2.57. The first-order valence-electron chi connectivity index (χ1n) is 3.69. The van der Waals surface area contributed by atoms with Gasteiger partial charge in [-0.2, -0.15) is 0 Å². The third-order valence-electron chi connectivity index (χ3n) is 1.81. The first-order chi connectivity index (χ1) is 4.43. The summed E-state index contributed by atoms with van der Waals surface area (Å²) in [6.45, 7) is 8.99. The van der Waals surface area contributed by atoms with Gasteiger partial charge in [-0.25, -0.2) is 0 Å². The first kappa shape index (κ1) is 6.81. The highest BCUT2D eigenvalue weighted by Crippen LogP contribution is 2.06. The smallest absolute Gasteiger partial charge is 0.00160 e. The molecular weight excluding hydrogens is 110 g/mol. The zero-order valence-corrected chi connectivity index (χ0v) is 5.84. The molecule has 0 spiro atoms. The normalized spacial score (nSPS) is 20.4. The third kappa shape index (κ3) is 2.19. The minimum Gasteiger partial charge on any atom is -0.303 e. The minimum atomic E-state index is 1.04. The monoisotopic (exact) mass is 124 g/mol. The van der Waals surface area contributed by atoms with Crippen molar-refractivity contribution < 1.29 is 0 Å². The predicted molar refractivity (Wildman–Crippen MR) is 39.2 cm³/mol. The molecule has 1 heterocycles. The number of hydrogen-bond acceptors (Lipinski definition) is 1. The van der Waals surface area contributed by atoms with Crippen LogP contribution in [0, 0.1) is 6.58 Å². The number of nitrogens with zero attached hydrogens (tertiary/aromatic N) is 1. The summed E-state index contributed by atoms with van der Waals surface area (Å²) >= 11 is 0. The molecule has 1 radical (unpaired) electrons. The van der Waals surface area contributed by atoms with Crippen LogP contribution < -0.4 is 0 Å². The Morgan fingerprint density at radius 1 is 1.33 bits per heavy atom. The maximum atomic E-state index is 5.25. The molecule has 1 saturated heterocycles. The first-order valence-corrected chi connectivity index (χ1v) is 3.69. The molecule has 1 aliphatic heterocycles. The molecule has 0 atom stereocenters. The molecule has 0 bridgehead atoms. The van der Waals surface area contributed by atoms with E-state index in [9.17, 15) is 0 Å². The van der Waals surface area contributed by atoms with E-state index in [4.69, 9.17) is 6.58 Å². The molecule has 0 amide bonds. The second-order valence-electron chi connectivity index (χ2n) is 2.57. The molecule has 51 valence electrons. The van der Waals surface area contributed by atoms with Gasteiger partial charge in [-0.3, -0.25) is 0 Å². The number of hydrogen-bond donors (Lipinski definition) is 0. The third-order valence-corrected chi connectivity index (χ3v) is 1.81. The van der Waals surface area contributed by atoms with Gasteiger partial charge in [0.15, 0.2) is 0 Å². The number of likely N-dealkylation sites (tertiary alicyclic amines) is 1. The van der Waals surface area contributed by atoms with Crippen LogP contribution in [0.2, 0.25) is 0 Å². The Labute approximate surface area is 57.4 Å². The molecule has 0 N–H and O–H groups in total. The molecule has 1 aliphatic rings. The predicted octanol–water partition coefficient (Wildman–Crippen LogP) is 1.46. The highest BCUT2D eigenvalue weighted by atomic mass is 15.1. The molecular formula is C8H14N. The van der Waals surface area contributed by atoms with Gasteiger partial charge in [-0.1, -0.05) is 12.7 Å². The lowest BCUT2D eigenvalue weighted by Crippen LogP contribution is -2.19. The molecule has 1 fully saturated rings. The van der Waals surface area contributed by atoms with E-state index in [0.717, 1.165) is 13.0 Å². The van der Waals surface area contributed by atoms with Crippen LogP contribution in [0.1, 0.15) is 19.3 Å². The van der Waals surface area contributed by atoms with E-state index in [1.165, 1.54) is 25.9 Å². The quantitative estimate of drug-likeness (QED) is 0.550. The summed E-state index contributed by atoms with van der Waals surface area (Å²) < 4.78 is 0.